The molecular formula is C13H16BrN3. The van der Waals surface area contributed by atoms with Crippen molar-refractivity contribution in [2.75, 3.05) is 0 Å². The van der Waals surface area contributed by atoms with E-state index in [1.54, 1.807) is 0 Å². The van der Waals surface area contributed by atoms with Crippen molar-refractivity contribution in [1.29, 1.82) is 0 Å². The average Bonchev–Trinajstić information content (AvgIpc) is 2.77. The van der Waals surface area contributed by atoms with Crippen molar-refractivity contribution in [2.24, 2.45) is 5.73 Å². The van der Waals surface area contributed by atoms with Gasteiger partial charge in [-0.15, -0.1) is 0 Å². The van der Waals surface area contributed by atoms with E-state index in [9.17, 15) is 0 Å². The summed E-state index contributed by atoms with van der Waals surface area (Å²) in [6, 6.07) is 6.23. The van der Waals surface area contributed by atoms with E-state index in [0.717, 1.165) is 34.4 Å². The second kappa shape index (κ2) is 5.47. The molecule has 17 heavy (non-hydrogen) atoms. The third-order valence-electron chi connectivity index (χ3n) is 2.65. The lowest BCUT2D eigenvalue weighted by atomic mass is 10.2. The van der Waals surface area contributed by atoms with Crippen molar-refractivity contribution in [3.8, 4) is 5.69 Å². The Balaban J connectivity index is 2.44. The van der Waals surface area contributed by atoms with E-state index in [0.29, 0.717) is 6.54 Å². The van der Waals surface area contributed by atoms with Crippen molar-refractivity contribution in [3.63, 3.8) is 0 Å². The molecule has 0 radical (unpaired) electrons. The Kier molecular flexibility index (Phi) is 3.97. The van der Waals surface area contributed by atoms with Crippen LogP contribution in [0.15, 0.2) is 35.1 Å². The lowest BCUT2D eigenvalue weighted by Crippen LogP contribution is -2.03. The van der Waals surface area contributed by atoms with Gasteiger partial charge in [0.15, 0.2) is 0 Å². The quantitative estimate of drug-likeness (QED) is 0.942. The van der Waals surface area contributed by atoms with Gasteiger partial charge in [0.25, 0.3) is 0 Å². The third-order valence-corrected chi connectivity index (χ3v) is 3.11. The Morgan fingerprint density at radius 2 is 2.18 bits per heavy atom. The normalized spacial score (nSPS) is 10.8. The fourth-order valence-corrected chi connectivity index (χ4v) is 2.40. The minimum Gasteiger partial charge on any atom is -0.326 e. The SMILES string of the molecule is CCCc1nccn1-c1cc(Br)cc(CN)c1. The maximum atomic E-state index is 5.69. The van der Waals surface area contributed by atoms with Crippen LogP contribution in [0.2, 0.25) is 0 Å². The lowest BCUT2D eigenvalue weighted by Gasteiger charge is -2.09. The number of hydrogen-bond acceptors (Lipinski definition) is 2. The second-order valence-electron chi connectivity index (χ2n) is 3.99. The molecule has 0 unspecified atom stereocenters. The van der Waals surface area contributed by atoms with Gasteiger partial charge in [-0.25, -0.2) is 4.98 Å². The van der Waals surface area contributed by atoms with E-state index in [-0.39, 0.29) is 0 Å². The molecule has 4 heteroatoms. The Bertz CT molecular complexity index is 505. The minimum atomic E-state index is 0.546. The number of nitrogens with zero attached hydrogens (tertiary/aromatic N) is 2. The van der Waals surface area contributed by atoms with Crippen LogP contribution in [0.25, 0.3) is 5.69 Å². The molecule has 0 saturated carbocycles. The Hall–Kier alpha value is -1.13. The van der Waals surface area contributed by atoms with Gasteiger partial charge in [-0.3, -0.25) is 0 Å². The molecule has 2 N–H and O–H groups in total. The standard InChI is InChI=1S/C13H16BrN3/c1-2-3-13-16-4-5-17(13)12-7-10(9-15)6-11(14)8-12/h4-8H,2-3,9,15H2,1H3. The predicted molar refractivity (Wildman–Crippen MR) is 73.2 cm³/mol. The van der Waals surface area contributed by atoms with Gasteiger partial charge < -0.3 is 10.3 Å². The number of halogens is 1. The number of hydrogen-bond donors (Lipinski definition) is 1. The van der Waals surface area contributed by atoms with Crippen LogP contribution in [0.3, 0.4) is 0 Å². The van der Waals surface area contributed by atoms with Crippen molar-refractivity contribution in [1.82, 2.24) is 9.55 Å². The fraction of sp³-hybridized carbons (Fsp3) is 0.308. The second-order valence-corrected chi connectivity index (χ2v) is 4.90. The highest BCUT2D eigenvalue weighted by atomic mass is 79.9. The fourth-order valence-electron chi connectivity index (χ4n) is 1.87. The summed E-state index contributed by atoms with van der Waals surface area (Å²) in [5, 5.41) is 0. The Morgan fingerprint density at radius 1 is 1.35 bits per heavy atom. The maximum absolute atomic E-state index is 5.69. The molecule has 0 bridgehead atoms. The molecule has 1 aromatic carbocycles. The monoisotopic (exact) mass is 293 g/mol. The van der Waals surface area contributed by atoms with Crippen LogP contribution in [0.1, 0.15) is 24.7 Å². The Labute approximate surface area is 110 Å². The molecule has 1 heterocycles. The molecule has 90 valence electrons. The van der Waals surface area contributed by atoms with Crippen molar-refractivity contribution < 1.29 is 0 Å². The summed E-state index contributed by atoms with van der Waals surface area (Å²) in [6.45, 7) is 2.70. The summed E-state index contributed by atoms with van der Waals surface area (Å²) in [6.07, 6.45) is 5.91. The molecular weight excluding hydrogens is 278 g/mol. The first-order valence-corrected chi connectivity index (χ1v) is 6.56. The molecule has 0 atom stereocenters. The van der Waals surface area contributed by atoms with Gasteiger partial charge in [0.2, 0.25) is 0 Å². The van der Waals surface area contributed by atoms with Gasteiger partial charge in [0.05, 0.1) is 0 Å². The number of aromatic nitrogens is 2. The van der Waals surface area contributed by atoms with Gasteiger partial charge in [0, 0.05) is 35.5 Å². The summed E-state index contributed by atoms with van der Waals surface area (Å²) in [5.74, 6) is 1.09. The zero-order valence-electron chi connectivity index (χ0n) is 9.86. The molecule has 0 aliphatic rings. The van der Waals surface area contributed by atoms with E-state index in [1.165, 1.54) is 0 Å². The van der Waals surface area contributed by atoms with Gasteiger partial charge in [0.1, 0.15) is 5.82 Å². The van der Waals surface area contributed by atoms with E-state index < -0.39 is 0 Å². The van der Waals surface area contributed by atoms with E-state index >= 15 is 0 Å². The zero-order valence-corrected chi connectivity index (χ0v) is 11.4. The highest BCUT2D eigenvalue weighted by molar-refractivity contribution is 9.10. The molecule has 0 amide bonds. The van der Waals surface area contributed by atoms with Crippen molar-refractivity contribution in [2.45, 2.75) is 26.3 Å². The summed E-state index contributed by atoms with van der Waals surface area (Å²) in [7, 11) is 0. The van der Waals surface area contributed by atoms with Crippen LogP contribution in [-0.2, 0) is 13.0 Å². The largest absolute Gasteiger partial charge is 0.326 e. The lowest BCUT2D eigenvalue weighted by molar-refractivity contribution is 0.808. The number of imidazole rings is 1. The highest BCUT2D eigenvalue weighted by Gasteiger charge is 2.05. The number of aryl methyl sites for hydroxylation is 1. The minimum absolute atomic E-state index is 0.546. The first-order chi connectivity index (χ1) is 8.24. The van der Waals surface area contributed by atoms with Crippen LogP contribution in [-0.4, -0.2) is 9.55 Å². The molecule has 0 aliphatic carbocycles. The predicted octanol–water partition coefficient (Wildman–Crippen LogP) is 3.05. The molecule has 0 spiro atoms. The topological polar surface area (TPSA) is 43.8 Å². The van der Waals surface area contributed by atoms with Crippen LogP contribution < -0.4 is 5.73 Å². The number of benzene rings is 1. The van der Waals surface area contributed by atoms with Gasteiger partial charge in [-0.2, -0.15) is 0 Å². The molecule has 0 saturated heterocycles. The maximum Gasteiger partial charge on any atom is 0.113 e. The van der Waals surface area contributed by atoms with E-state index in [4.69, 9.17) is 5.73 Å². The van der Waals surface area contributed by atoms with Gasteiger partial charge in [-0.05, 0) is 30.2 Å². The molecule has 3 nitrogen and oxygen atoms in total. The molecule has 1 aromatic heterocycles. The van der Waals surface area contributed by atoms with E-state index in [1.807, 2.05) is 18.5 Å². The smallest absolute Gasteiger partial charge is 0.113 e. The average molecular weight is 294 g/mol. The van der Waals surface area contributed by atoms with Gasteiger partial charge >= 0.3 is 0 Å². The van der Waals surface area contributed by atoms with E-state index in [2.05, 4.69) is 44.5 Å². The van der Waals surface area contributed by atoms with Crippen molar-refractivity contribution in [3.05, 3.63) is 46.5 Å². The summed E-state index contributed by atoms with van der Waals surface area (Å²) in [5.41, 5.74) is 7.92. The Morgan fingerprint density at radius 3 is 2.88 bits per heavy atom. The van der Waals surface area contributed by atoms with Crippen molar-refractivity contribution >= 4 is 15.9 Å². The summed E-state index contributed by atoms with van der Waals surface area (Å²) in [4.78, 5) is 4.38. The first kappa shape index (κ1) is 12.3. The first-order valence-electron chi connectivity index (χ1n) is 5.76. The van der Waals surface area contributed by atoms with Crippen LogP contribution in [0.4, 0.5) is 0 Å². The highest BCUT2D eigenvalue weighted by Crippen LogP contribution is 2.20. The van der Waals surface area contributed by atoms with Gasteiger partial charge in [-0.1, -0.05) is 22.9 Å². The molecule has 0 aliphatic heterocycles. The van der Waals surface area contributed by atoms with Crippen LogP contribution >= 0.6 is 15.9 Å². The summed E-state index contributed by atoms with van der Waals surface area (Å²) < 4.78 is 3.17. The van der Waals surface area contributed by atoms with Crippen LogP contribution in [0, 0.1) is 0 Å². The van der Waals surface area contributed by atoms with Crippen LogP contribution in [0.5, 0.6) is 0 Å². The molecule has 2 aromatic rings. The number of nitrogens with two attached hydrogens (primary N) is 1. The zero-order chi connectivity index (χ0) is 12.3. The third kappa shape index (κ3) is 2.76. The summed E-state index contributed by atoms with van der Waals surface area (Å²) >= 11 is 3.51. The number of rotatable bonds is 4. The molecule has 2 rings (SSSR count). The molecule has 0 fully saturated rings.